The van der Waals surface area contributed by atoms with Crippen LogP contribution in [0.3, 0.4) is 0 Å². The van der Waals surface area contributed by atoms with E-state index in [1.807, 2.05) is 4.90 Å². The molecular formula is C15H24N4O. The van der Waals surface area contributed by atoms with Crippen molar-refractivity contribution >= 4 is 6.03 Å². The van der Waals surface area contributed by atoms with Gasteiger partial charge in [0.2, 0.25) is 0 Å². The highest BCUT2D eigenvalue weighted by molar-refractivity contribution is 5.77. The van der Waals surface area contributed by atoms with Gasteiger partial charge in [0.15, 0.2) is 0 Å². The molecule has 110 valence electrons. The lowest BCUT2D eigenvalue weighted by atomic mass is 9.73. The lowest BCUT2D eigenvalue weighted by Crippen LogP contribution is -2.68. The molecule has 3 fully saturated rings. The molecule has 0 unspecified atom stereocenters. The maximum absolute atomic E-state index is 12.3. The minimum Gasteiger partial charge on any atom is -0.323 e. The molecule has 0 aliphatic carbocycles. The molecule has 20 heavy (non-hydrogen) atoms. The lowest BCUT2D eigenvalue weighted by molar-refractivity contribution is -0.0504. The predicted octanol–water partition coefficient (Wildman–Crippen LogP) is 1.51. The highest BCUT2D eigenvalue weighted by Gasteiger charge is 2.49. The van der Waals surface area contributed by atoms with Gasteiger partial charge in [-0.15, -0.1) is 0 Å². The maximum Gasteiger partial charge on any atom is 0.321 e. The van der Waals surface area contributed by atoms with Gasteiger partial charge in [-0.3, -0.25) is 0 Å². The van der Waals surface area contributed by atoms with Gasteiger partial charge < -0.3 is 14.7 Å². The zero-order valence-corrected chi connectivity index (χ0v) is 12.5. The van der Waals surface area contributed by atoms with Crippen LogP contribution >= 0.6 is 0 Å². The van der Waals surface area contributed by atoms with Crippen LogP contribution in [0.15, 0.2) is 0 Å². The molecule has 5 nitrogen and oxygen atoms in total. The maximum atomic E-state index is 12.3. The number of carbonyl (C=O) groups is 1. The molecule has 3 aliphatic rings. The Morgan fingerprint density at radius 2 is 2.05 bits per heavy atom. The van der Waals surface area contributed by atoms with E-state index in [2.05, 4.69) is 24.8 Å². The molecule has 0 N–H and O–H groups in total. The molecule has 5 heteroatoms. The Hall–Kier alpha value is -1.28. The fourth-order valence-electron chi connectivity index (χ4n) is 3.78. The average molecular weight is 276 g/mol. The molecule has 1 atom stereocenters. The largest absolute Gasteiger partial charge is 0.323 e. The van der Waals surface area contributed by atoms with Crippen molar-refractivity contribution in [3.05, 3.63) is 0 Å². The van der Waals surface area contributed by atoms with Crippen molar-refractivity contribution in [3.8, 4) is 6.07 Å². The van der Waals surface area contributed by atoms with Crippen LogP contribution in [0, 0.1) is 16.7 Å². The van der Waals surface area contributed by atoms with E-state index < -0.39 is 0 Å². The first-order chi connectivity index (χ1) is 9.54. The first-order valence-corrected chi connectivity index (χ1v) is 7.74. The molecule has 0 aromatic heterocycles. The number of piperidine rings is 1. The number of nitrogens with zero attached hydrogens (tertiary/aromatic N) is 4. The molecule has 0 aromatic carbocycles. The molecule has 0 aromatic rings. The number of rotatable bonds is 1. The zero-order chi connectivity index (χ0) is 14.3. The SMILES string of the molecule is CC(C)N1CCCC2(CN(C(=O)N3CC[C@H]3C#N)C2)C1. The van der Waals surface area contributed by atoms with Gasteiger partial charge >= 0.3 is 6.03 Å². The van der Waals surface area contributed by atoms with Crippen molar-refractivity contribution in [3.63, 3.8) is 0 Å². The summed E-state index contributed by atoms with van der Waals surface area (Å²) in [7, 11) is 0. The third-order valence-corrected chi connectivity index (χ3v) is 5.16. The summed E-state index contributed by atoms with van der Waals surface area (Å²) in [6.45, 7) is 9.31. The third kappa shape index (κ3) is 2.16. The summed E-state index contributed by atoms with van der Waals surface area (Å²) < 4.78 is 0. The second kappa shape index (κ2) is 4.92. The van der Waals surface area contributed by atoms with Crippen LogP contribution in [0.5, 0.6) is 0 Å². The predicted molar refractivity (Wildman–Crippen MR) is 76.1 cm³/mol. The molecule has 0 radical (unpaired) electrons. The Kier molecular flexibility index (Phi) is 3.37. The fraction of sp³-hybridized carbons (Fsp3) is 0.867. The second-order valence-corrected chi connectivity index (χ2v) is 6.93. The van der Waals surface area contributed by atoms with Crippen molar-refractivity contribution in [1.29, 1.82) is 5.26 Å². The molecule has 2 amide bonds. The number of urea groups is 1. The number of hydrogen-bond donors (Lipinski definition) is 0. The fourth-order valence-corrected chi connectivity index (χ4v) is 3.78. The van der Waals surface area contributed by atoms with Gasteiger partial charge in [0.25, 0.3) is 0 Å². The molecule has 0 saturated carbocycles. The van der Waals surface area contributed by atoms with Gasteiger partial charge in [0.05, 0.1) is 6.07 Å². The monoisotopic (exact) mass is 276 g/mol. The number of carbonyl (C=O) groups excluding carboxylic acids is 1. The Labute approximate surface area is 121 Å². The van der Waals surface area contributed by atoms with Crippen LogP contribution in [0.1, 0.15) is 33.1 Å². The number of hydrogen-bond acceptors (Lipinski definition) is 3. The molecule has 3 rings (SSSR count). The second-order valence-electron chi connectivity index (χ2n) is 6.93. The van der Waals surface area contributed by atoms with Crippen LogP contribution in [-0.2, 0) is 0 Å². The highest BCUT2D eigenvalue weighted by atomic mass is 16.2. The molecule has 0 bridgehead atoms. The standard InChI is InChI=1S/C15H24N4O/c1-12(2)17-6-3-5-15(9-17)10-18(11-15)14(20)19-7-4-13(19)8-16/h12-13H,3-7,9-11H2,1-2H3/t13-/m0/s1. The first-order valence-electron chi connectivity index (χ1n) is 7.74. The number of likely N-dealkylation sites (tertiary alicyclic amines) is 3. The van der Waals surface area contributed by atoms with Crippen molar-refractivity contribution in [2.75, 3.05) is 32.7 Å². The minimum atomic E-state index is -0.183. The van der Waals surface area contributed by atoms with Crippen molar-refractivity contribution in [2.45, 2.75) is 45.2 Å². The smallest absolute Gasteiger partial charge is 0.321 e. The molecule has 3 heterocycles. The van der Waals surface area contributed by atoms with E-state index in [4.69, 9.17) is 5.26 Å². The van der Waals surface area contributed by atoms with E-state index in [-0.39, 0.29) is 12.1 Å². The van der Waals surface area contributed by atoms with Crippen LogP contribution < -0.4 is 0 Å². The Balaban J connectivity index is 1.55. The number of nitriles is 1. The van der Waals surface area contributed by atoms with E-state index in [1.165, 1.54) is 19.4 Å². The summed E-state index contributed by atoms with van der Waals surface area (Å²) in [6, 6.07) is 2.69. The van der Waals surface area contributed by atoms with Crippen LogP contribution in [-0.4, -0.2) is 65.5 Å². The average Bonchev–Trinajstić information content (AvgIpc) is 2.35. The van der Waals surface area contributed by atoms with Crippen molar-refractivity contribution in [2.24, 2.45) is 5.41 Å². The molecule has 3 saturated heterocycles. The Morgan fingerprint density at radius 3 is 2.60 bits per heavy atom. The van der Waals surface area contributed by atoms with Gasteiger partial charge in [-0.1, -0.05) is 0 Å². The van der Waals surface area contributed by atoms with Gasteiger partial charge in [-0.2, -0.15) is 5.26 Å². The topological polar surface area (TPSA) is 50.6 Å². The van der Waals surface area contributed by atoms with E-state index in [0.717, 1.165) is 32.6 Å². The van der Waals surface area contributed by atoms with E-state index >= 15 is 0 Å². The van der Waals surface area contributed by atoms with E-state index in [9.17, 15) is 4.79 Å². The molecular weight excluding hydrogens is 252 g/mol. The summed E-state index contributed by atoms with van der Waals surface area (Å²) in [5.41, 5.74) is 0.325. The Morgan fingerprint density at radius 1 is 1.30 bits per heavy atom. The van der Waals surface area contributed by atoms with Gasteiger partial charge in [-0.25, -0.2) is 4.79 Å². The normalized spacial score (nSPS) is 29.0. The van der Waals surface area contributed by atoms with Gasteiger partial charge in [0.1, 0.15) is 6.04 Å². The third-order valence-electron chi connectivity index (χ3n) is 5.16. The van der Waals surface area contributed by atoms with Crippen LogP contribution in [0.2, 0.25) is 0 Å². The van der Waals surface area contributed by atoms with Crippen LogP contribution in [0.4, 0.5) is 4.79 Å². The lowest BCUT2D eigenvalue weighted by Gasteiger charge is -2.56. The summed E-state index contributed by atoms with van der Waals surface area (Å²) in [5, 5.41) is 8.95. The summed E-state index contributed by atoms with van der Waals surface area (Å²) in [6.07, 6.45) is 3.31. The van der Waals surface area contributed by atoms with E-state index in [0.29, 0.717) is 11.5 Å². The summed E-state index contributed by atoms with van der Waals surface area (Å²) in [4.78, 5) is 18.5. The number of amides is 2. The van der Waals surface area contributed by atoms with Crippen LogP contribution in [0.25, 0.3) is 0 Å². The molecule has 1 spiro atoms. The highest BCUT2D eigenvalue weighted by Crippen LogP contribution is 2.40. The molecule has 3 aliphatic heterocycles. The van der Waals surface area contributed by atoms with Gasteiger partial charge in [-0.05, 0) is 39.7 Å². The van der Waals surface area contributed by atoms with Crippen molar-refractivity contribution in [1.82, 2.24) is 14.7 Å². The van der Waals surface area contributed by atoms with Crippen molar-refractivity contribution < 1.29 is 4.79 Å². The quantitative estimate of drug-likeness (QED) is 0.729. The zero-order valence-electron chi connectivity index (χ0n) is 12.5. The summed E-state index contributed by atoms with van der Waals surface area (Å²) in [5.74, 6) is 0. The first kappa shape index (κ1) is 13.7. The summed E-state index contributed by atoms with van der Waals surface area (Å²) >= 11 is 0. The van der Waals surface area contributed by atoms with E-state index in [1.54, 1.807) is 4.90 Å². The van der Waals surface area contributed by atoms with Gasteiger partial charge in [0, 0.05) is 37.6 Å². The minimum absolute atomic E-state index is 0.0788. The Bertz CT molecular complexity index is 436.